The fourth-order valence-corrected chi connectivity index (χ4v) is 2.52. The summed E-state index contributed by atoms with van der Waals surface area (Å²) < 4.78 is 10.4. The van der Waals surface area contributed by atoms with Crippen molar-refractivity contribution in [3.63, 3.8) is 0 Å². The van der Waals surface area contributed by atoms with Crippen molar-refractivity contribution in [3.05, 3.63) is 35.9 Å². The first kappa shape index (κ1) is 20.7. The molecule has 6 heteroatoms. The van der Waals surface area contributed by atoms with Gasteiger partial charge in [0.25, 0.3) is 0 Å². The van der Waals surface area contributed by atoms with Crippen LogP contribution in [0, 0.1) is 5.92 Å². The van der Waals surface area contributed by atoms with Crippen molar-refractivity contribution in [2.45, 2.75) is 46.3 Å². The van der Waals surface area contributed by atoms with E-state index in [4.69, 9.17) is 9.47 Å². The van der Waals surface area contributed by atoms with Crippen LogP contribution < -0.4 is 0 Å². The molecular weight excluding hydrogens is 322 g/mol. The Morgan fingerprint density at radius 3 is 2.16 bits per heavy atom. The normalized spacial score (nSPS) is 14.1. The predicted octanol–water partition coefficient (Wildman–Crippen LogP) is 2.73. The van der Waals surface area contributed by atoms with E-state index in [1.165, 1.54) is 13.8 Å². The average Bonchev–Trinajstić information content (AvgIpc) is 2.57. The van der Waals surface area contributed by atoms with Gasteiger partial charge in [-0.2, -0.15) is 0 Å². The van der Waals surface area contributed by atoms with E-state index in [0.717, 1.165) is 5.56 Å². The van der Waals surface area contributed by atoms with E-state index in [-0.39, 0.29) is 30.4 Å². The first-order chi connectivity index (χ1) is 11.7. The van der Waals surface area contributed by atoms with Gasteiger partial charge in [0.1, 0.15) is 6.10 Å². The van der Waals surface area contributed by atoms with Gasteiger partial charge in [-0.1, -0.05) is 37.3 Å². The Labute approximate surface area is 149 Å². The summed E-state index contributed by atoms with van der Waals surface area (Å²) in [6.45, 7) is 6.53. The fourth-order valence-electron chi connectivity index (χ4n) is 2.52. The molecule has 0 fully saturated rings. The topological polar surface area (TPSA) is 72.9 Å². The third kappa shape index (κ3) is 6.57. The van der Waals surface area contributed by atoms with E-state index in [9.17, 15) is 14.4 Å². The van der Waals surface area contributed by atoms with Crippen LogP contribution in [0.5, 0.6) is 0 Å². The number of amides is 1. The third-order valence-corrected chi connectivity index (χ3v) is 4.10. The number of carbonyl (C=O) groups excluding carboxylic acids is 3. The van der Waals surface area contributed by atoms with Crippen molar-refractivity contribution < 1.29 is 23.9 Å². The highest BCUT2D eigenvalue weighted by Gasteiger charge is 2.30. The Kier molecular flexibility index (Phi) is 8.11. The van der Waals surface area contributed by atoms with Crippen LogP contribution in [-0.4, -0.2) is 42.4 Å². The van der Waals surface area contributed by atoms with E-state index in [2.05, 4.69) is 0 Å². The van der Waals surface area contributed by atoms with Crippen LogP contribution in [0.1, 0.15) is 45.8 Å². The number of rotatable bonds is 8. The molecule has 0 bridgehead atoms. The van der Waals surface area contributed by atoms with Crippen molar-refractivity contribution >= 4 is 17.8 Å². The summed E-state index contributed by atoms with van der Waals surface area (Å²) in [7, 11) is 1.69. The molecule has 0 aliphatic heterocycles. The van der Waals surface area contributed by atoms with Gasteiger partial charge in [-0.05, 0) is 18.9 Å². The SMILES string of the molecule is CC(=O)OCC[C@H](C)C(=O)N(C)[C@@H](C)[C@@H](OC(C)=O)c1ccccc1. The number of ether oxygens (including phenoxy) is 2. The second-order valence-electron chi connectivity index (χ2n) is 6.16. The van der Waals surface area contributed by atoms with Crippen molar-refractivity contribution in [1.82, 2.24) is 4.90 Å². The molecule has 25 heavy (non-hydrogen) atoms. The largest absolute Gasteiger partial charge is 0.466 e. The number of hydrogen-bond acceptors (Lipinski definition) is 5. The standard InChI is InChI=1S/C19H27NO5/c1-13(11-12-24-15(3)21)19(23)20(5)14(2)18(25-16(4)22)17-9-7-6-8-10-17/h6-10,13-14,18H,11-12H2,1-5H3/t13-,14-,18+/m0/s1. The van der Waals surface area contributed by atoms with Crippen LogP contribution in [0.3, 0.4) is 0 Å². The molecule has 3 atom stereocenters. The lowest BCUT2D eigenvalue weighted by atomic mass is 10.00. The highest BCUT2D eigenvalue weighted by atomic mass is 16.5. The monoisotopic (exact) mass is 349 g/mol. The zero-order valence-corrected chi connectivity index (χ0v) is 15.5. The third-order valence-electron chi connectivity index (χ3n) is 4.10. The maximum atomic E-state index is 12.6. The minimum absolute atomic E-state index is 0.0901. The molecule has 0 N–H and O–H groups in total. The molecule has 0 aliphatic carbocycles. The second-order valence-corrected chi connectivity index (χ2v) is 6.16. The van der Waals surface area contributed by atoms with Crippen molar-refractivity contribution in [2.24, 2.45) is 5.92 Å². The van der Waals surface area contributed by atoms with Crippen LogP contribution in [0.15, 0.2) is 30.3 Å². The zero-order chi connectivity index (χ0) is 19.0. The maximum Gasteiger partial charge on any atom is 0.303 e. The molecule has 1 rings (SSSR count). The molecule has 0 saturated carbocycles. The van der Waals surface area contributed by atoms with Gasteiger partial charge in [0.05, 0.1) is 12.6 Å². The lowest BCUT2D eigenvalue weighted by Gasteiger charge is -2.33. The molecule has 1 amide bonds. The van der Waals surface area contributed by atoms with Gasteiger partial charge >= 0.3 is 11.9 Å². The number of hydrogen-bond donors (Lipinski definition) is 0. The molecule has 0 heterocycles. The summed E-state index contributed by atoms with van der Waals surface area (Å²) in [4.78, 5) is 36.5. The number of esters is 2. The van der Waals surface area contributed by atoms with Gasteiger partial charge < -0.3 is 14.4 Å². The lowest BCUT2D eigenvalue weighted by molar-refractivity contribution is -0.154. The van der Waals surface area contributed by atoms with Crippen LogP contribution in [0.2, 0.25) is 0 Å². The first-order valence-corrected chi connectivity index (χ1v) is 8.36. The fraction of sp³-hybridized carbons (Fsp3) is 0.526. The summed E-state index contributed by atoms with van der Waals surface area (Å²) >= 11 is 0. The molecule has 0 unspecified atom stereocenters. The van der Waals surface area contributed by atoms with Crippen LogP contribution in [0.4, 0.5) is 0 Å². The molecule has 138 valence electrons. The molecule has 1 aromatic carbocycles. The molecule has 0 aromatic heterocycles. The molecule has 6 nitrogen and oxygen atoms in total. The van der Waals surface area contributed by atoms with Gasteiger partial charge in [-0.25, -0.2) is 0 Å². The summed E-state index contributed by atoms with van der Waals surface area (Å²) in [6.07, 6.45) is -0.104. The second kappa shape index (κ2) is 9.81. The highest BCUT2D eigenvalue weighted by molar-refractivity contribution is 5.78. The Morgan fingerprint density at radius 1 is 1.04 bits per heavy atom. The van der Waals surface area contributed by atoms with Crippen molar-refractivity contribution in [2.75, 3.05) is 13.7 Å². The van der Waals surface area contributed by atoms with Gasteiger partial charge in [-0.3, -0.25) is 14.4 Å². The molecule has 0 saturated heterocycles. The molecule has 1 aromatic rings. The lowest BCUT2D eigenvalue weighted by Crippen LogP contribution is -2.43. The van der Waals surface area contributed by atoms with E-state index in [1.807, 2.05) is 37.3 Å². The van der Waals surface area contributed by atoms with E-state index >= 15 is 0 Å². The Morgan fingerprint density at radius 2 is 1.64 bits per heavy atom. The van der Waals surface area contributed by atoms with Crippen LogP contribution in [-0.2, 0) is 23.9 Å². The van der Waals surface area contributed by atoms with Gasteiger partial charge in [0, 0.05) is 26.8 Å². The highest BCUT2D eigenvalue weighted by Crippen LogP contribution is 2.25. The van der Waals surface area contributed by atoms with E-state index in [0.29, 0.717) is 6.42 Å². The molecular formula is C19H27NO5. The molecule has 0 spiro atoms. The maximum absolute atomic E-state index is 12.6. The van der Waals surface area contributed by atoms with Crippen molar-refractivity contribution in [3.8, 4) is 0 Å². The minimum atomic E-state index is -0.548. The van der Waals surface area contributed by atoms with Crippen LogP contribution in [0.25, 0.3) is 0 Å². The zero-order valence-electron chi connectivity index (χ0n) is 15.5. The summed E-state index contributed by atoms with van der Waals surface area (Å²) in [5.74, 6) is -1.15. The number of likely N-dealkylation sites (N-methyl/N-ethyl adjacent to an activating group) is 1. The Hall–Kier alpha value is -2.37. The molecule has 0 radical (unpaired) electrons. The number of nitrogens with zero attached hydrogens (tertiary/aromatic N) is 1. The smallest absolute Gasteiger partial charge is 0.303 e. The quantitative estimate of drug-likeness (QED) is 0.675. The summed E-state index contributed by atoms with van der Waals surface area (Å²) in [5.41, 5.74) is 0.831. The van der Waals surface area contributed by atoms with E-state index in [1.54, 1.807) is 18.9 Å². The minimum Gasteiger partial charge on any atom is -0.466 e. The van der Waals surface area contributed by atoms with Crippen LogP contribution >= 0.6 is 0 Å². The van der Waals surface area contributed by atoms with E-state index < -0.39 is 12.1 Å². The first-order valence-electron chi connectivity index (χ1n) is 8.36. The van der Waals surface area contributed by atoms with Gasteiger partial charge in [0.2, 0.25) is 5.91 Å². The number of benzene rings is 1. The predicted molar refractivity (Wildman–Crippen MR) is 93.6 cm³/mol. The van der Waals surface area contributed by atoms with Gasteiger partial charge in [0.15, 0.2) is 0 Å². The average molecular weight is 349 g/mol. The summed E-state index contributed by atoms with van der Waals surface area (Å²) in [6, 6.07) is 9.00. The van der Waals surface area contributed by atoms with Crippen molar-refractivity contribution in [1.29, 1.82) is 0 Å². The Bertz CT molecular complexity index is 587. The van der Waals surface area contributed by atoms with Gasteiger partial charge in [-0.15, -0.1) is 0 Å². The number of carbonyl (C=O) groups is 3. The Balaban J connectivity index is 2.81. The summed E-state index contributed by atoms with van der Waals surface area (Å²) in [5, 5.41) is 0. The molecule has 0 aliphatic rings.